The third kappa shape index (κ3) is 7.39. The van der Waals surface area contributed by atoms with Crippen molar-refractivity contribution in [3.63, 3.8) is 0 Å². The molecule has 33 heavy (non-hydrogen) atoms. The van der Waals surface area contributed by atoms with Gasteiger partial charge < -0.3 is 34.1 Å². The van der Waals surface area contributed by atoms with Crippen LogP contribution < -0.4 is 14.8 Å². The lowest BCUT2D eigenvalue weighted by molar-refractivity contribution is -0.158. The first-order chi connectivity index (χ1) is 15.7. The summed E-state index contributed by atoms with van der Waals surface area (Å²) < 4.78 is 27.2. The summed E-state index contributed by atoms with van der Waals surface area (Å²) in [6, 6.07) is 4.75. The molecule has 2 rings (SSSR count). The number of carbonyl (C=O) groups excluding carboxylic acids is 3. The molecule has 1 aromatic rings. The number of methoxy groups -OCH3 is 2. The number of likely N-dealkylation sites (tertiary alicyclic amines) is 1. The van der Waals surface area contributed by atoms with Gasteiger partial charge in [0.1, 0.15) is 35.2 Å². The lowest BCUT2D eigenvalue weighted by Crippen LogP contribution is -2.72. The Hall–Kier alpha value is -3.25. The summed E-state index contributed by atoms with van der Waals surface area (Å²) in [5.41, 5.74) is 0.431. The maximum absolute atomic E-state index is 12.5. The number of hydrogen-bond donors (Lipinski definition) is 2. The predicted octanol–water partition coefficient (Wildman–Crippen LogP) is 0.0698. The van der Waals surface area contributed by atoms with E-state index < -0.39 is 53.6 Å². The van der Waals surface area contributed by atoms with Crippen molar-refractivity contribution in [2.24, 2.45) is 0 Å². The van der Waals surface area contributed by atoms with Gasteiger partial charge in [-0.2, -0.15) is 0 Å². The minimum absolute atomic E-state index is 0.0103. The molecule has 3 unspecified atom stereocenters. The monoisotopic (exact) mass is 482 g/mol. The summed E-state index contributed by atoms with van der Waals surface area (Å²) in [4.78, 5) is 48.2. The molecule has 12 heteroatoms. The van der Waals surface area contributed by atoms with E-state index in [0.717, 1.165) is 4.90 Å². The first kappa shape index (κ1) is 26.0. The van der Waals surface area contributed by atoms with E-state index in [0.29, 0.717) is 17.1 Å². The number of rotatable bonds is 12. The zero-order valence-corrected chi connectivity index (χ0v) is 19.3. The molecule has 0 aromatic heterocycles. The highest BCUT2D eigenvalue weighted by molar-refractivity contribution is 7.94. The quantitative estimate of drug-likeness (QED) is 0.239. The van der Waals surface area contributed by atoms with Gasteiger partial charge in [-0.15, -0.1) is 0 Å². The number of aliphatic carboxylic acids is 1. The standard InChI is InChI=1S/C21H26N2O9S/c1-13(12-33(29)9-8-18(27)31-3)20-19(21(28)23(20)10-17(25)26)22-16(24)11-32-15-6-4-14(30-2)5-7-15/h4-7,12,19-20H,8-11H2,1-3H3,(H,22,24)(H,25,26). The zero-order chi connectivity index (χ0) is 24.5. The molecule has 180 valence electrons. The highest BCUT2D eigenvalue weighted by Gasteiger charge is 2.50. The molecule has 2 amide bonds. The number of benzene rings is 1. The molecule has 2 N–H and O–H groups in total. The number of ether oxygens (including phenoxy) is 3. The van der Waals surface area contributed by atoms with Gasteiger partial charge in [-0.05, 0) is 47.9 Å². The van der Waals surface area contributed by atoms with Crippen LogP contribution >= 0.6 is 0 Å². The lowest BCUT2D eigenvalue weighted by atomic mass is 9.89. The Kier molecular flexibility index (Phi) is 9.55. The third-order valence-corrected chi connectivity index (χ3v) is 6.01. The second-order valence-electron chi connectivity index (χ2n) is 7.09. The molecule has 11 nitrogen and oxygen atoms in total. The number of esters is 1. The summed E-state index contributed by atoms with van der Waals surface area (Å²) >= 11 is -1.55. The van der Waals surface area contributed by atoms with Crippen LogP contribution in [-0.2, 0) is 35.1 Å². The molecule has 1 aromatic carbocycles. The van der Waals surface area contributed by atoms with Gasteiger partial charge in [-0.1, -0.05) is 0 Å². The summed E-state index contributed by atoms with van der Waals surface area (Å²) in [5, 5.41) is 13.0. The molecule has 0 spiro atoms. The van der Waals surface area contributed by atoms with Gasteiger partial charge in [0.2, 0.25) is 5.91 Å². The smallest absolute Gasteiger partial charge is 0.323 e. The fourth-order valence-corrected chi connectivity index (χ4v) is 4.22. The number of carbonyl (C=O) groups is 4. The Morgan fingerprint density at radius 2 is 1.85 bits per heavy atom. The largest absolute Gasteiger partial charge is 0.612 e. The van der Waals surface area contributed by atoms with Crippen LogP contribution in [0, 0.1) is 0 Å². The van der Waals surface area contributed by atoms with Crippen LogP contribution in [-0.4, -0.2) is 83.5 Å². The van der Waals surface area contributed by atoms with Crippen molar-refractivity contribution in [3.8, 4) is 11.5 Å². The van der Waals surface area contributed by atoms with Gasteiger partial charge >= 0.3 is 11.9 Å². The summed E-state index contributed by atoms with van der Waals surface area (Å²) in [5.74, 6) is -1.83. The number of nitrogens with zero attached hydrogens (tertiary/aromatic N) is 1. The molecule has 0 radical (unpaired) electrons. The molecule has 3 atom stereocenters. The zero-order valence-electron chi connectivity index (χ0n) is 18.4. The lowest BCUT2D eigenvalue weighted by Gasteiger charge is -2.46. The molecule has 0 bridgehead atoms. The topological polar surface area (TPSA) is 155 Å². The second-order valence-corrected chi connectivity index (χ2v) is 8.49. The second kappa shape index (κ2) is 12.1. The van der Waals surface area contributed by atoms with Gasteiger partial charge in [0.05, 0.1) is 26.7 Å². The van der Waals surface area contributed by atoms with Gasteiger partial charge in [-0.25, -0.2) is 0 Å². The Bertz CT molecular complexity index is 904. The minimum atomic E-state index is -1.55. The van der Waals surface area contributed by atoms with Crippen molar-refractivity contribution < 1.29 is 43.0 Å². The van der Waals surface area contributed by atoms with Gasteiger partial charge in [-0.3, -0.25) is 19.2 Å². The fourth-order valence-electron chi connectivity index (χ4n) is 3.18. The van der Waals surface area contributed by atoms with Crippen LogP contribution in [0.4, 0.5) is 0 Å². The molecular formula is C21H26N2O9S. The van der Waals surface area contributed by atoms with Crippen molar-refractivity contribution in [3.05, 3.63) is 35.2 Å². The van der Waals surface area contributed by atoms with Crippen LogP contribution in [0.1, 0.15) is 13.3 Å². The van der Waals surface area contributed by atoms with E-state index in [2.05, 4.69) is 10.1 Å². The maximum Gasteiger partial charge on any atom is 0.323 e. The van der Waals surface area contributed by atoms with Crippen LogP contribution in [0.5, 0.6) is 11.5 Å². The highest BCUT2D eigenvalue weighted by atomic mass is 32.2. The van der Waals surface area contributed by atoms with Gasteiger partial charge in [0, 0.05) is 0 Å². The average Bonchev–Trinajstić information content (AvgIpc) is 2.79. The van der Waals surface area contributed by atoms with E-state index in [1.54, 1.807) is 31.2 Å². The normalized spacial score (nSPS) is 18.7. The van der Waals surface area contributed by atoms with E-state index in [9.17, 15) is 23.7 Å². The SMILES string of the molecule is COC(=O)CC[S+]([O-])C=C(C)C1C(NC(=O)COc2ccc(OC)cc2)C(=O)N1CC(=O)O. The Labute approximate surface area is 193 Å². The van der Waals surface area contributed by atoms with Gasteiger partial charge in [0.25, 0.3) is 5.91 Å². The number of nitrogens with one attached hydrogen (secondary N) is 1. The summed E-state index contributed by atoms with van der Waals surface area (Å²) in [6.07, 6.45) is -0.0573. The van der Waals surface area contributed by atoms with Gasteiger partial charge in [0.15, 0.2) is 6.61 Å². The molecule has 1 aliphatic heterocycles. The number of carboxylic acid groups (broad SMARTS) is 1. The number of hydrogen-bond acceptors (Lipinski definition) is 8. The molecule has 0 saturated carbocycles. The van der Waals surface area contributed by atoms with E-state index >= 15 is 0 Å². The molecule has 1 aliphatic rings. The van der Waals surface area contributed by atoms with Crippen molar-refractivity contribution in [2.75, 3.05) is 33.1 Å². The average molecular weight is 483 g/mol. The van der Waals surface area contributed by atoms with Crippen molar-refractivity contribution >= 4 is 34.9 Å². The third-order valence-electron chi connectivity index (χ3n) is 4.77. The Balaban J connectivity index is 2.02. The van der Waals surface area contributed by atoms with Crippen LogP contribution in [0.3, 0.4) is 0 Å². The summed E-state index contributed by atoms with van der Waals surface area (Å²) in [6.45, 7) is 0.642. The first-order valence-electron chi connectivity index (χ1n) is 9.87. The van der Waals surface area contributed by atoms with Crippen LogP contribution in [0.25, 0.3) is 0 Å². The minimum Gasteiger partial charge on any atom is -0.612 e. The Morgan fingerprint density at radius 3 is 2.42 bits per heavy atom. The molecule has 1 heterocycles. The van der Waals surface area contributed by atoms with Crippen molar-refractivity contribution in [2.45, 2.75) is 25.4 Å². The number of amides is 2. The molecule has 0 aliphatic carbocycles. The Morgan fingerprint density at radius 1 is 1.21 bits per heavy atom. The molecule has 1 fully saturated rings. The van der Waals surface area contributed by atoms with E-state index in [4.69, 9.17) is 14.6 Å². The van der Waals surface area contributed by atoms with Crippen LogP contribution in [0.2, 0.25) is 0 Å². The number of β-lactam (4-membered cyclic amide) rings is 1. The maximum atomic E-state index is 12.5. The van der Waals surface area contributed by atoms with Crippen LogP contribution in [0.15, 0.2) is 35.2 Å². The molecular weight excluding hydrogens is 456 g/mol. The first-order valence-corrected chi connectivity index (χ1v) is 11.2. The predicted molar refractivity (Wildman–Crippen MR) is 117 cm³/mol. The van der Waals surface area contributed by atoms with Crippen molar-refractivity contribution in [1.82, 2.24) is 10.2 Å². The van der Waals surface area contributed by atoms with E-state index in [1.807, 2.05) is 0 Å². The molecule has 1 saturated heterocycles. The van der Waals surface area contributed by atoms with Crippen molar-refractivity contribution in [1.29, 1.82) is 0 Å². The fraction of sp³-hybridized carbons (Fsp3) is 0.429. The van der Waals surface area contributed by atoms with E-state index in [1.165, 1.54) is 19.6 Å². The summed E-state index contributed by atoms with van der Waals surface area (Å²) in [7, 11) is 2.75. The van der Waals surface area contributed by atoms with E-state index in [-0.39, 0.29) is 18.8 Å². The highest BCUT2D eigenvalue weighted by Crippen LogP contribution is 2.27. The number of carboxylic acids is 1.